The van der Waals surface area contributed by atoms with Crippen molar-refractivity contribution in [3.05, 3.63) is 179 Å². The minimum atomic E-state index is -1.64. The minimum Gasteiger partial charge on any atom is -0.463 e. The van der Waals surface area contributed by atoms with Crippen molar-refractivity contribution in [1.82, 2.24) is 0 Å². The molecule has 322 valence electrons. The van der Waals surface area contributed by atoms with Crippen LogP contribution in [0.3, 0.4) is 0 Å². The molecular formula is C51H52O11. The number of ether oxygens (including phenoxy) is 6. The highest BCUT2D eigenvalue weighted by Crippen LogP contribution is 2.31. The van der Waals surface area contributed by atoms with Gasteiger partial charge in [0, 0.05) is 32.1 Å². The molecule has 0 aliphatic carbocycles. The number of hydrogen-bond donors (Lipinski definition) is 0. The standard InChI is InChI=1S/C51H52O11/c52-43(31-26-37-16-6-1-7-17-37)57-36-42-48(59-44(53)32-27-38-18-8-2-9-19-38)49(60-45(54)33-28-39-20-10-3-11-21-39)50(61-46(55)34-29-40-22-12-4-13-23-40)51(58-42)62-47(56)35-30-41-24-14-5-15-25-41/h1-25,42,48-51H,26-36H2/t42-,48-,49-,50-,51-/m0/s1. The second-order valence-corrected chi connectivity index (χ2v) is 15.0. The molecule has 0 spiro atoms. The molecule has 6 rings (SSSR count). The lowest BCUT2D eigenvalue weighted by Crippen LogP contribution is -2.63. The van der Waals surface area contributed by atoms with Crippen LogP contribution >= 0.6 is 0 Å². The third kappa shape index (κ3) is 14.8. The molecule has 1 saturated heterocycles. The number of aryl methyl sites for hydroxylation is 5. The van der Waals surface area contributed by atoms with Crippen LogP contribution in [0.4, 0.5) is 0 Å². The molecule has 0 radical (unpaired) electrons. The zero-order valence-electron chi connectivity index (χ0n) is 34.6. The maximum atomic E-state index is 13.8. The van der Waals surface area contributed by atoms with E-state index in [2.05, 4.69) is 0 Å². The Morgan fingerprint density at radius 3 is 1.00 bits per heavy atom. The van der Waals surface area contributed by atoms with Gasteiger partial charge in [0.25, 0.3) is 0 Å². The van der Waals surface area contributed by atoms with Gasteiger partial charge in [0.1, 0.15) is 12.7 Å². The van der Waals surface area contributed by atoms with Crippen LogP contribution in [0, 0.1) is 0 Å². The highest BCUT2D eigenvalue weighted by molar-refractivity contribution is 5.73. The van der Waals surface area contributed by atoms with Gasteiger partial charge in [-0.25, -0.2) is 0 Å². The molecule has 5 aromatic carbocycles. The molecule has 1 aliphatic heterocycles. The summed E-state index contributed by atoms with van der Waals surface area (Å²) in [6, 6.07) is 46.8. The molecule has 0 unspecified atom stereocenters. The highest BCUT2D eigenvalue weighted by Gasteiger charge is 2.54. The molecule has 5 atom stereocenters. The lowest BCUT2D eigenvalue weighted by Gasteiger charge is -2.44. The number of esters is 5. The zero-order chi connectivity index (χ0) is 43.4. The maximum Gasteiger partial charge on any atom is 0.308 e. The molecule has 1 fully saturated rings. The molecule has 1 aliphatic rings. The summed E-state index contributed by atoms with van der Waals surface area (Å²) in [5.74, 6) is -3.30. The summed E-state index contributed by atoms with van der Waals surface area (Å²) >= 11 is 0. The van der Waals surface area contributed by atoms with Crippen LogP contribution in [0.2, 0.25) is 0 Å². The van der Waals surface area contributed by atoms with Crippen LogP contribution < -0.4 is 0 Å². The fourth-order valence-electron chi connectivity index (χ4n) is 7.03. The third-order valence-corrected chi connectivity index (χ3v) is 10.4. The monoisotopic (exact) mass is 840 g/mol. The molecule has 62 heavy (non-hydrogen) atoms. The second-order valence-electron chi connectivity index (χ2n) is 15.0. The molecule has 0 bridgehead atoms. The fraction of sp³-hybridized carbons (Fsp3) is 0.314. The average molecular weight is 841 g/mol. The molecule has 11 nitrogen and oxygen atoms in total. The van der Waals surface area contributed by atoms with Crippen LogP contribution in [0.5, 0.6) is 0 Å². The predicted molar refractivity (Wildman–Crippen MR) is 229 cm³/mol. The van der Waals surface area contributed by atoms with Crippen molar-refractivity contribution < 1.29 is 52.4 Å². The molecule has 5 aromatic rings. The van der Waals surface area contributed by atoms with Crippen LogP contribution in [-0.2, 0) is 84.5 Å². The number of hydrogen-bond acceptors (Lipinski definition) is 11. The Labute approximate surface area is 362 Å². The molecule has 1 heterocycles. The first-order chi connectivity index (χ1) is 30.3. The van der Waals surface area contributed by atoms with E-state index in [0.29, 0.717) is 32.1 Å². The van der Waals surface area contributed by atoms with Crippen molar-refractivity contribution in [2.24, 2.45) is 0 Å². The van der Waals surface area contributed by atoms with E-state index in [-0.39, 0.29) is 32.1 Å². The SMILES string of the molecule is O=C(CCc1ccccc1)OC[C@@H]1O[C@@H](OC(=O)CCc2ccccc2)[C@@H](OC(=O)CCc2ccccc2)[C@@H](OC(=O)CCc2ccccc2)[C@H]1OC(=O)CCc1ccccc1. The molecule has 0 saturated carbocycles. The quantitative estimate of drug-likeness (QED) is 0.0531. The topological polar surface area (TPSA) is 141 Å². The summed E-state index contributed by atoms with van der Waals surface area (Å²) in [5.41, 5.74) is 4.49. The summed E-state index contributed by atoms with van der Waals surface area (Å²) in [5, 5.41) is 0. The summed E-state index contributed by atoms with van der Waals surface area (Å²) < 4.78 is 36.3. The van der Waals surface area contributed by atoms with Gasteiger partial charge in [-0.15, -0.1) is 0 Å². The Balaban J connectivity index is 1.29. The first-order valence-corrected chi connectivity index (χ1v) is 21.1. The first kappa shape index (κ1) is 44.9. The minimum absolute atomic E-state index is 0.0374. The van der Waals surface area contributed by atoms with Gasteiger partial charge in [0.2, 0.25) is 12.4 Å². The van der Waals surface area contributed by atoms with E-state index in [1.54, 1.807) is 0 Å². The predicted octanol–water partition coefficient (Wildman–Crippen LogP) is 7.70. The summed E-state index contributed by atoms with van der Waals surface area (Å²) in [6.45, 7) is -0.463. The Morgan fingerprint density at radius 1 is 0.355 bits per heavy atom. The first-order valence-electron chi connectivity index (χ1n) is 21.1. The second kappa shape index (κ2) is 24.0. The van der Waals surface area contributed by atoms with E-state index in [0.717, 1.165) is 27.8 Å². The van der Waals surface area contributed by atoms with Crippen molar-refractivity contribution in [2.75, 3.05) is 6.61 Å². The zero-order valence-corrected chi connectivity index (χ0v) is 34.6. The third-order valence-electron chi connectivity index (χ3n) is 10.4. The van der Waals surface area contributed by atoms with E-state index < -0.39 is 67.2 Å². The molecular weight excluding hydrogens is 789 g/mol. The molecule has 11 heteroatoms. The van der Waals surface area contributed by atoms with Crippen molar-refractivity contribution in [2.45, 2.75) is 94.9 Å². The van der Waals surface area contributed by atoms with E-state index in [4.69, 9.17) is 28.4 Å². The molecule has 0 N–H and O–H groups in total. The van der Waals surface area contributed by atoms with E-state index in [1.165, 1.54) is 0 Å². The summed E-state index contributed by atoms with van der Waals surface area (Å²) in [4.78, 5) is 68.0. The van der Waals surface area contributed by atoms with Crippen molar-refractivity contribution in [3.8, 4) is 0 Å². The fourth-order valence-corrected chi connectivity index (χ4v) is 7.03. The highest BCUT2D eigenvalue weighted by atomic mass is 16.7. The summed E-state index contributed by atoms with van der Waals surface area (Å²) in [7, 11) is 0. The van der Waals surface area contributed by atoms with E-state index in [1.807, 2.05) is 152 Å². The normalized spacial score (nSPS) is 18.2. The number of carbonyl (C=O) groups is 5. The van der Waals surface area contributed by atoms with Crippen LogP contribution in [-0.4, -0.2) is 67.2 Å². The van der Waals surface area contributed by atoms with E-state index in [9.17, 15) is 24.0 Å². The molecule has 0 aromatic heterocycles. The van der Waals surface area contributed by atoms with Gasteiger partial charge in [-0.05, 0) is 59.9 Å². The Bertz CT molecular complexity index is 2150. The molecule has 0 amide bonds. The Morgan fingerprint density at radius 2 is 0.645 bits per heavy atom. The van der Waals surface area contributed by atoms with Crippen molar-refractivity contribution >= 4 is 29.8 Å². The van der Waals surface area contributed by atoms with Crippen molar-refractivity contribution in [1.29, 1.82) is 0 Å². The van der Waals surface area contributed by atoms with Gasteiger partial charge in [0.15, 0.2) is 12.2 Å². The average Bonchev–Trinajstić information content (AvgIpc) is 3.31. The van der Waals surface area contributed by atoms with Gasteiger partial charge in [-0.3, -0.25) is 24.0 Å². The van der Waals surface area contributed by atoms with Gasteiger partial charge in [-0.2, -0.15) is 0 Å². The lowest BCUT2D eigenvalue weighted by atomic mass is 9.97. The Kier molecular flexibility index (Phi) is 17.4. The van der Waals surface area contributed by atoms with Gasteiger partial charge in [-0.1, -0.05) is 152 Å². The van der Waals surface area contributed by atoms with Gasteiger partial charge < -0.3 is 28.4 Å². The number of benzene rings is 5. The number of carbonyl (C=O) groups excluding carboxylic acids is 5. The van der Waals surface area contributed by atoms with Gasteiger partial charge in [0.05, 0.1) is 0 Å². The van der Waals surface area contributed by atoms with Crippen LogP contribution in [0.25, 0.3) is 0 Å². The van der Waals surface area contributed by atoms with Gasteiger partial charge >= 0.3 is 29.8 Å². The number of rotatable bonds is 21. The van der Waals surface area contributed by atoms with Crippen LogP contribution in [0.15, 0.2) is 152 Å². The van der Waals surface area contributed by atoms with Crippen LogP contribution in [0.1, 0.15) is 59.9 Å². The summed E-state index contributed by atoms with van der Waals surface area (Å²) in [6.07, 6.45) is -5.99. The lowest BCUT2D eigenvalue weighted by molar-refractivity contribution is -0.301. The maximum absolute atomic E-state index is 13.8. The smallest absolute Gasteiger partial charge is 0.308 e. The van der Waals surface area contributed by atoms with E-state index >= 15 is 0 Å². The Hall–Kier alpha value is -6.59. The largest absolute Gasteiger partial charge is 0.463 e. The van der Waals surface area contributed by atoms with Crippen molar-refractivity contribution in [3.63, 3.8) is 0 Å².